The molecule has 0 saturated heterocycles. The topological polar surface area (TPSA) is 55.2 Å². The molecule has 0 atom stereocenters. The van der Waals surface area contributed by atoms with Crippen LogP contribution in [0.15, 0.2) is 17.3 Å². The van der Waals surface area contributed by atoms with Gasteiger partial charge in [-0.05, 0) is 27.1 Å². The highest BCUT2D eigenvalue weighted by molar-refractivity contribution is 8.13. The standard InChI is InChI=1S/C8H14ClN3O2S/c1-11(2)4-3-5-12-7-8(6-10-12)15(9,13)14/h6-7H,3-5H2,1-2H3. The summed E-state index contributed by atoms with van der Waals surface area (Å²) in [5.41, 5.74) is 0. The Bertz CT molecular complexity index is 413. The van der Waals surface area contributed by atoms with Crippen molar-refractivity contribution in [2.45, 2.75) is 17.9 Å². The molecule has 0 fully saturated rings. The average Bonchev–Trinajstić information content (AvgIpc) is 2.51. The summed E-state index contributed by atoms with van der Waals surface area (Å²) in [5, 5.41) is 3.91. The number of aromatic nitrogens is 2. The maximum absolute atomic E-state index is 10.9. The summed E-state index contributed by atoms with van der Waals surface area (Å²) in [4.78, 5) is 2.11. The minimum absolute atomic E-state index is 0.0500. The Balaban J connectivity index is 2.54. The van der Waals surface area contributed by atoms with Crippen LogP contribution >= 0.6 is 10.7 Å². The summed E-state index contributed by atoms with van der Waals surface area (Å²) in [6.07, 6.45) is 3.62. The Morgan fingerprint density at radius 3 is 2.67 bits per heavy atom. The summed E-state index contributed by atoms with van der Waals surface area (Å²) < 4.78 is 23.4. The third-order valence-corrected chi connectivity index (χ3v) is 3.19. The van der Waals surface area contributed by atoms with Gasteiger partial charge in [0.1, 0.15) is 4.90 Å². The molecular weight excluding hydrogens is 238 g/mol. The van der Waals surface area contributed by atoms with Crippen molar-refractivity contribution in [3.05, 3.63) is 12.4 Å². The van der Waals surface area contributed by atoms with Crippen LogP contribution in [0.4, 0.5) is 0 Å². The van der Waals surface area contributed by atoms with Crippen LogP contribution < -0.4 is 0 Å². The Labute approximate surface area is 94.1 Å². The van der Waals surface area contributed by atoms with Crippen LogP contribution in [0.2, 0.25) is 0 Å². The molecule has 5 nitrogen and oxygen atoms in total. The van der Waals surface area contributed by atoms with Crippen molar-refractivity contribution in [1.29, 1.82) is 0 Å². The first kappa shape index (κ1) is 12.5. The van der Waals surface area contributed by atoms with E-state index in [-0.39, 0.29) is 4.90 Å². The predicted molar refractivity (Wildman–Crippen MR) is 58.4 cm³/mol. The molecule has 0 aliphatic rings. The summed E-state index contributed by atoms with van der Waals surface area (Å²) in [7, 11) is 5.49. The van der Waals surface area contributed by atoms with Gasteiger partial charge in [0.25, 0.3) is 9.05 Å². The van der Waals surface area contributed by atoms with Gasteiger partial charge in [-0.1, -0.05) is 0 Å². The monoisotopic (exact) mass is 251 g/mol. The van der Waals surface area contributed by atoms with Gasteiger partial charge in [0, 0.05) is 23.4 Å². The summed E-state index contributed by atoms with van der Waals surface area (Å²) in [5.74, 6) is 0. The van der Waals surface area contributed by atoms with Crippen LogP contribution in [0.25, 0.3) is 0 Å². The maximum atomic E-state index is 10.9. The second-order valence-electron chi connectivity index (χ2n) is 3.53. The lowest BCUT2D eigenvalue weighted by molar-refractivity contribution is 0.380. The highest BCUT2D eigenvalue weighted by Crippen LogP contribution is 2.12. The SMILES string of the molecule is CN(C)CCCn1cc(S(=O)(=O)Cl)cn1. The van der Waals surface area contributed by atoms with Gasteiger partial charge in [0.15, 0.2) is 0 Å². The van der Waals surface area contributed by atoms with Gasteiger partial charge in [0.2, 0.25) is 0 Å². The summed E-state index contributed by atoms with van der Waals surface area (Å²) >= 11 is 0. The molecule has 1 rings (SSSR count). The second-order valence-corrected chi connectivity index (χ2v) is 6.10. The second kappa shape index (κ2) is 4.96. The third kappa shape index (κ3) is 4.19. The molecule has 0 bridgehead atoms. The van der Waals surface area contributed by atoms with E-state index in [0.717, 1.165) is 13.0 Å². The van der Waals surface area contributed by atoms with E-state index < -0.39 is 9.05 Å². The Morgan fingerprint density at radius 1 is 1.53 bits per heavy atom. The quantitative estimate of drug-likeness (QED) is 0.725. The summed E-state index contributed by atoms with van der Waals surface area (Å²) in [6, 6.07) is 0. The van der Waals surface area contributed by atoms with Gasteiger partial charge >= 0.3 is 0 Å². The number of nitrogens with zero attached hydrogens (tertiary/aromatic N) is 3. The Hall–Kier alpha value is -0.590. The van der Waals surface area contributed by atoms with Crippen LogP contribution in [0.1, 0.15) is 6.42 Å². The first-order valence-corrected chi connectivity index (χ1v) is 6.82. The zero-order valence-electron chi connectivity index (χ0n) is 8.72. The molecule has 0 radical (unpaired) electrons. The molecule has 0 N–H and O–H groups in total. The average molecular weight is 252 g/mol. The van der Waals surface area contributed by atoms with E-state index in [4.69, 9.17) is 10.7 Å². The molecule has 0 saturated carbocycles. The van der Waals surface area contributed by atoms with E-state index in [1.807, 2.05) is 14.1 Å². The van der Waals surface area contributed by atoms with Crippen LogP contribution in [-0.2, 0) is 15.6 Å². The zero-order valence-corrected chi connectivity index (χ0v) is 10.3. The molecular formula is C8H14ClN3O2S. The maximum Gasteiger partial charge on any atom is 0.264 e. The van der Waals surface area contributed by atoms with Crippen molar-refractivity contribution in [1.82, 2.24) is 14.7 Å². The summed E-state index contributed by atoms with van der Waals surface area (Å²) in [6.45, 7) is 1.62. The van der Waals surface area contributed by atoms with E-state index in [1.54, 1.807) is 4.68 Å². The first-order chi connectivity index (χ1) is 6.89. The first-order valence-electron chi connectivity index (χ1n) is 4.51. The number of hydrogen-bond donors (Lipinski definition) is 0. The third-order valence-electron chi connectivity index (χ3n) is 1.88. The van der Waals surface area contributed by atoms with Crippen LogP contribution in [0.3, 0.4) is 0 Å². The molecule has 86 valence electrons. The molecule has 1 heterocycles. The molecule has 15 heavy (non-hydrogen) atoms. The molecule has 0 unspecified atom stereocenters. The Kier molecular flexibility index (Phi) is 4.12. The fourth-order valence-corrected chi connectivity index (χ4v) is 1.80. The normalized spacial score (nSPS) is 12.3. The van der Waals surface area contributed by atoms with Crippen molar-refractivity contribution in [2.24, 2.45) is 0 Å². The Morgan fingerprint density at radius 2 is 2.20 bits per heavy atom. The minimum Gasteiger partial charge on any atom is -0.309 e. The highest BCUT2D eigenvalue weighted by atomic mass is 35.7. The number of hydrogen-bond acceptors (Lipinski definition) is 4. The van der Waals surface area contributed by atoms with Crippen molar-refractivity contribution >= 4 is 19.7 Å². The molecule has 0 spiro atoms. The van der Waals surface area contributed by atoms with Gasteiger partial charge in [-0.3, -0.25) is 4.68 Å². The number of rotatable bonds is 5. The zero-order chi connectivity index (χ0) is 11.5. The molecule has 1 aromatic rings. The van der Waals surface area contributed by atoms with E-state index in [0.29, 0.717) is 6.54 Å². The smallest absolute Gasteiger partial charge is 0.264 e. The minimum atomic E-state index is -3.64. The fourth-order valence-electron chi connectivity index (χ4n) is 1.14. The van der Waals surface area contributed by atoms with Crippen molar-refractivity contribution in [3.63, 3.8) is 0 Å². The van der Waals surface area contributed by atoms with Crippen molar-refractivity contribution in [2.75, 3.05) is 20.6 Å². The largest absolute Gasteiger partial charge is 0.309 e. The van der Waals surface area contributed by atoms with Gasteiger partial charge in [-0.15, -0.1) is 0 Å². The highest BCUT2D eigenvalue weighted by Gasteiger charge is 2.12. The lowest BCUT2D eigenvalue weighted by Gasteiger charge is -2.08. The van der Waals surface area contributed by atoms with Crippen LogP contribution in [0, 0.1) is 0 Å². The number of aryl methyl sites for hydroxylation is 1. The van der Waals surface area contributed by atoms with E-state index in [2.05, 4.69) is 10.00 Å². The van der Waals surface area contributed by atoms with Crippen LogP contribution in [-0.4, -0.2) is 43.7 Å². The number of halogens is 1. The van der Waals surface area contributed by atoms with Crippen LogP contribution in [0.5, 0.6) is 0 Å². The molecule has 0 aromatic carbocycles. The van der Waals surface area contributed by atoms with Gasteiger partial charge in [0.05, 0.1) is 6.20 Å². The molecule has 0 amide bonds. The lowest BCUT2D eigenvalue weighted by atomic mass is 10.4. The van der Waals surface area contributed by atoms with Crippen molar-refractivity contribution in [3.8, 4) is 0 Å². The molecule has 7 heteroatoms. The molecule has 1 aromatic heterocycles. The van der Waals surface area contributed by atoms with Gasteiger partial charge < -0.3 is 4.90 Å². The lowest BCUT2D eigenvalue weighted by Crippen LogP contribution is -2.15. The van der Waals surface area contributed by atoms with Gasteiger partial charge in [-0.25, -0.2) is 8.42 Å². The van der Waals surface area contributed by atoms with E-state index in [1.165, 1.54) is 12.4 Å². The van der Waals surface area contributed by atoms with E-state index >= 15 is 0 Å². The van der Waals surface area contributed by atoms with E-state index in [9.17, 15) is 8.42 Å². The predicted octanol–water partition coefficient (Wildman–Crippen LogP) is 0.762. The fraction of sp³-hybridized carbons (Fsp3) is 0.625. The molecule has 0 aliphatic carbocycles. The van der Waals surface area contributed by atoms with Gasteiger partial charge in [-0.2, -0.15) is 5.10 Å². The van der Waals surface area contributed by atoms with Crippen molar-refractivity contribution < 1.29 is 8.42 Å². The molecule has 0 aliphatic heterocycles.